The lowest BCUT2D eigenvalue weighted by atomic mass is 9.77. The molecule has 0 heterocycles. The summed E-state index contributed by atoms with van der Waals surface area (Å²) in [6, 6.07) is 80.8. The monoisotopic (exact) mass is 675 g/mol. The lowest BCUT2D eigenvalue weighted by molar-refractivity contribution is 1.28. The predicted octanol–water partition coefficient (Wildman–Crippen LogP) is 14.6. The number of benzene rings is 9. The summed E-state index contributed by atoms with van der Waals surface area (Å²) < 4.78 is 0. The van der Waals surface area contributed by atoms with E-state index in [0.29, 0.717) is 0 Å². The second kappa shape index (κ2) is 14.3. The number of rotatable bonds is 8. The first kappa shape index (κ1) is 32.0. The molecule has 0 saturated carbocycles. The van der Waals surface area contributed by atoms with E-state index in [-0.39, 0.29) is 0 Å². The molecule has 0 aliphatic carbocycles. The van der Waals surface area contributed by atoms with Gasteiger partial charge in [0.05, 0.1) is 0 Å². The Morgan fingerprint density at radius 3 is 1.09 bits per heavy atom. The van der Waals surface area contributed by atoms with Crippen LogP contribution in [0.3, 0.4) is 0 Å². The quantitative estimate of drug-likeness (QED) is 0.155. The second-order valence-corrected chi connectivity index (χ2v) is 13.2. The van der Waals surface area contributed by atoms with Gasteiger partial charge in [0, 0.05) is 17.1 Å². The summed E-state index contributed by atoms with van der Waals surface area (Å²) in [4.78, 5) is 2.34. The number of nitrogens with zero attached hydrogens (tertiary/aromatic N) is 1. The highest BCUT2D eigenvalue weighted by Crippen LogP contribution is 2.53. The molecule has 9 aromatic rings. The van der Waals surface area contributed by atoms with Crippen molar-refractivity contribution in [3.8, 4) is 55.6 Å². The van der Waals surface area contributed by atoms with Crippen LogP contribution in [-0.2, 0) is 0 Å². The maximum atomic E-state index is 2.35. The van der Waals surface area contributed by atoms with Gasteiger partial charge in [0.15, 0.2) is 0 Å². The van der Waals surface area contributed by atoms with Crippen LogP contribution < -0.4 is 4.90 Å². The van der Waals surface area contributed by atoms with Gasteiger partial charge in [-0.05, 0) is 103 Å². The van der Waals surface area contributed by atoms with Crippen LogP contribution in [0.25, 0.3) is 66.4 Å². The molecule has 53 heavy (non-hydrogen) atoms. The Kier molecular flexibility index (Phi) is 8.66. The molecule has 0 atom stereocenters. The van der Waals surface area contributed by atoms with E-state index in [0.717, 1.165) is 22.6 Å². The van der Waals surface area contributed by atoms with Crippen molar-refractivity contribution in [3.05, 3.63) is 224 Å². The van der Waals surface area contributed by atoms with E-state index in [4.69, 9.17) is 0 Å². The first-order valence-electron chi connectivity index (χ1n) is 18.2. The molecule has 0 aromatic heterocycles. The minimum Gasteiger partial charge on any atom is -0.310 e. The van der Waals surface area contributed by atoms with Crippen molar-refractivity contribution in [3.63, 3.8) is 0 Å². The molecule has 0 fully saturated rings. The maximum Gasteiger partial charge on any atom is 0.0467 e. The van der Waals surface area contributed by atoms with Crippen molar-refractivity contribution in [1.29, 1.82) is 0 Å². The number of fused-ring (bicyclic) bond motifs is 1. The highest BCUT2D eigenvalue weighted by Gasteiger charge is 2.26. The standard InChI is InChI=1S/C52H37N/c1-7-21-38(22-8-1)48-47-36-20-35-46(42-29-19-34-45(37-42)53(43-30-15-5-16-31-43)44-32-17-6-18-33-44)52(47)51(41-27-13-4-14-28-41)50(40-25-11-3-12-26-40)49(48)39-23-9-2-10-24-39/h1-37H. The molecule has 0 amide bonds. The zero-order valence-corrected chi connectivity index (χ0v) is 29.3. The van der Waals surface area contributed by atoms with Gasteiger partial charge in [-0.3, -0.25) is 0 Å². The van der Waals surface area contributed by atoms with Crippen LogP contribution in [0, 0.1) is 0 Å². The van der Waals surface area contributed by atoms with E-state index < -0.39 is 0 Å². The van der Waals surface area contributed by atoms with Crippen LogP contribution in [0.4, 0.5) is 17.1 Å². The number of anilines is 3. The number of para-hydroxylation sites is 2. The minimum absolute atomic E-state index is 1.10. The van der Waals surface area contributed by atoms with E-state index >= 15 is 0 Å². The molecule has 0 aliphatic heterocycles. The van der Waals surface area contributed by atoms with Gasteiger partial charge in [-0.1, -0.05) is 188 Å². The molecular formula is C52H37N. The van der Waals surface area contributed by atoms with Gasteiger partial charge in [0.2, 0.25) is 0 Å². The van der Waals surface area contributed by atoms with E-state index in [1.54, 1.807) is 0 Å². The van der Waals surface area contributed by atoms with Crippen molar-refractivity contribution < 1.29 is 0 Å². The van der Waals surface area contributed by atoms with Crippen LogP contribution >= 0.6 is 0 Å². The molecule has 1 nitrogen and oxygen atoms in total. The van der Waals surface area contributed by atoms with E-state index in [2.05, 4.69) is 229 Å². The number of hydrogen-bond donors (Lipinski definition) is 0. The maximum absolute atomic E-state index is 2.35. The summed E-state index contributed by atoms with van der Waals surface area (Å²) in [5.74, 6) is 0. The topological polar surface area (TPSA) is 3.24 Å². The Balaban J connectivity index is 1.42. The molecule has 0 radical (unpaired) electrons. The summed E-state index contributed by atoms with van der Waals surface area (Å²) in [6.07, 6.45) is 0. The summed E-state index contributed by atoms with van der Waals surface area (Å²) in [5, 5.41) is 2.46. The second-order valence-electron chi connectivity index (χ2n) is 13.2. The zero-order chi connectivity index (χ0) is 35.4. The Labute approximate surface area is 311 Å². The predicted molar refractivity (Wildman–Crippen MR) is 226 cm³/mol. The number of hydrogen-bond acceptors (Lipinski definition) is 1. The molecule has 9 rings (SSSR count). The highest BCUT2D eigenvalue weighted by molar-refractivity contribution is 6.22. The minimum atomic E-state index is 1.10. The third-order valence-corrected chi connectivity index (χ3v) is 10.0. The van der Waals surface area contributed by atoms with E-state index in [9.17, 15) is 0 Å². The third kappa shape index (κ3) is 6.09. The largest absolute Gasteiger partial charge is 0.310 e. The van der Waals surface area contributed by atoms with Crippen LogP contribution in [-0.4, -0.2) is 0 Å². The summed E-state index contributed by atoms with van der Waals surface area (Å²) in [5.41, 5.74) is 15.4. The average molecular weight is 676 g/mol. The lowest BCUT2D eigenvalue weighted by Crippen LogP contribution is -2.09. The molecular weight excluding hydrogens is 639 g/mol. The molecule has 0 spiro atoms. The van der Waals surface area contributed by atoms with Crippen LogP contribution in [0.15, 0.2) is 224 Å². The van der Waals surface area contributed by atoms with Gasteiger partial charge < -0.3 is 4.90 Å². The van der Waals surface area contributed by atoms with Gasteiger partial charge >= 0.3 is 0 Å². The molecule has 9 aromatic carbocycles. The molecule has 0 bridgehead atoms. The third-order valence-electron chi connectivity index (χ3n) is 10.0. The fourth-order valence-electron chi connectivity index (χ4n) is 7.78. The van der Waals surface area contributed by atoms with Gasteiger partial charge in [-0.25, -0.2) is 0 Å². The molecule has 0 aliphatic rings. The Morgan fingerprint density at radius 1 is 0.245 bits per heavy atom. The molecule has 0 saturated heterocycles. The Morgan fingerprint density at radius 2 is 0.604 bits per heavy atom. The SMILES string of the molecule is c1ccc(-c2c(-c3ccccc3)c(-c3ccccc3)c3c(-c4cccc(N(c5ccccc5)c5ccccc5)c4)cccc3c2-c2ccccc2)cc1. The fourth-order valence-corrected chi connectivity index (χ4v) is 7.78. The van der Waals surface area contributed by atoms with Crippen molar-refractivity contribution in [2.75, 3.05) is 4.90 Å². The molecule has 250 valence electrons. The van der Waals surface area contributed by atoms with Gasteiger partial charge in [-0.2, -0.15) is 0 Å². The summed E-state index contributed by atoms with van der Waals surface area (Å²) in [7, 11) is 0. The Bertz CT molecular complexity index is 2580. The van der Waals surface area contributed by atoms with Crippen molar-refractivity contribution in [1.82, 2.24) is 0 Å². The van der Waals surface area contributed by atoms with Crippen molar-refractivity contribution in [2.24, 2.45) is 0 Å². The molecule has 1 heteroatoms. The van der Waals surface area contributed by atoms with Crippen LogP contribution in [0.1, 0.15) is 0 Å². The Hall–Kier alpha value is -6.96. The molecule has 0 unspecified atom stereocenters. The van der Waals surface area contributed by atoms with Crippen molar-refractivity contribution in [2.45, 2.75) is 0 Å². The average Bonchev–Trinajstić information content (AvgIpc) is 3.25. The highest BCUT2D eigenvalue weighted by atomic mass is 15.1. The van der Waals surface area contributed by atoms with E-state index in [1.807, 2.05) is 0 Å². The summed E-state index contributed by atoms with van der Waals surface area (Å²) >= 11 is 0. The fraction of sp³-hybridized carbons (Fsp3) is 0. The van der Waals surface area contributed by atoms with Gasteiger partial charge in [0.25, 0.3) is 0 Å². The zero-order valence-electron chi connectivity index (χ0n) is 29.3. The smallest absolute Gasteiger partial charge is 0.0467 e. The van der Waals surface area contributed by atoms with Crippen molar-refractivity contribution >= 4 is 27.8 Å². The first-order chi connectivity index (χ1) is 26.3. The lowest BCUT2D eigenvalue weighted by Gasteiger charge is -2.27. The summed E-state index contributed by atoms with van der Waals surface area (Å²) in [6.45, 7) is 0. The molecule has 0 N–H and O–H groups in total. The van der Waals surface area contributed by atoms with Crippen LogP contribution in [0.2, 0.25) is 0 Å². The van der Waals surface area contributed by atoms with Gasteiger partial charge in [0.1, 0.15) is 0 Å². The van der Waals surface area contributed by atoms with E-state index in [1.165, 1.54) is 60.8 Å². The normalized spacial score (nSPS) is 11.0. The van der Waals surface area contributed by atoms with Gasteiger partial charge in [-0.15, -0.1) is 0 Å². The van der Waals surface area contributed by atoms with Crippen LogP contribution in [0.5, 0.6) is 0 Å². The first-order valence-corrected chi connectivity index (χ1v) is 18.2.